The smallest absolute Gasteiger partial charge is 0.258 e. The van der Waals surface area contributed by atoms with E-state index in [0.717, 1.165) is 0 Å². The Kier molecular flexibility index (Phi) is 1.85. The normalized spacial score (nSPS) is 10.4. The number of hydrogen-bond acceptors (Lipinski definition) is 4. The van der Waals surface area contributed by atoms with E-state index in [1.54, 1.807) is 13.0 Å². The summed E-state index contributed by atoms with van der Waals surface area (Å²) in [5, 5.41) is 3.21. The van der Waals surface area contributed by atoms with Gasteiger partial charge in [0.15, 0.2) is 0 Å². The maximum atomic E-state index is 11.3. The second-order valence-electron chi connectivity index (χ2n) is 2.98. The maximum absolute atomic E-state index is 11.3. The molecule has 0 aliphatic heterocycles. The molecule has 0 bridgehead atoms. The maximum Gasteiger partial charge on any atom is 0.258 e. The largest absolute Gasteiger partial charge is 0.313 e. The number of H-pyrrole nitrogens is 1. The van der Waals surface area contributed by atoms with Crippen molar-refractivity contribution in [3.8, 4) is 0 Å². The summed E-state index contributed by atoms with van der Waals surface area (Å²) < 4.78 is 0. The van der Waals surface area contributed by atoms with Gasteiger partial charge in [0.05, 0.1) is 17.2 Å². The van der Waals surface area contributed by atoms with Crippen molar-refractivity contribution in [2.75, 3.05) is 0 Å². The summed E-state index contributed by atoms with van der Waals surface area (Å²) in [6.45, 7) is 1.75. The number of aromatic nitrogens is 2. The number of rotatable bonds is 1. The zero-order chi connectivity index (χ0) is 10.1. The molecule has 2 aromatic rings. The van der Waals surface area contributed by atoms with Crippen LogP contribution in [0.3, 0.4) is 0 Å². The molecule has 5 nitrogen and oxygen atoms in total. The fourth-order valence-corrected chi connectivity index (χ4v) is 1.31. The van der Waals surface area contributed by atoms with Crippen LogP contribution in [0.15, 0.2) is 28.4 Å². The van der Waals surface area contributed by atoms with Crippen molar-refractivity contribution in [1.82, 2.24) is 9.97 Å². The van der Waals surface area contributed by atoms with Crippen molar-refractivity contribution in [2.24, 2.45) is 5.18 Å². The first-order valence-electron chi connectivity index (χ1n) is 4.04. The van der Waals surface area contributed by atoms with Gasteiger partial charge in [-0.1, -0.05) is 0 Å². The fraction of sp³-hybridized carbons (Fsp3) is 0.111. The Hall–Kier alpha value is -2.04. The standard InChI is InChI=1S/C9H7N3O2/c1-5-2-8-6(3-7(5)12-14)9(13)11-4-10-8/h2-4H,1H3,(H,10,11,13). The number of fused-ring (bicyclic) bond motifs is 1. The number of nitroso groups, excluding NO2 is 1. The van der Waals surface area contributed by atoms with Crippen LogP contribution in [-0.4, -0.2) is 9.97 Å². The van der Waals surface area contributed by atoms with Gasteiger partial charge in [-0.05, 0) is 29.8 Å². The molecule has 0 aliphatic rings. The van der Waals surface area contributed by atoms with E-state index in [0.29, 0.717) is 16.5 Å². The third-order valence-electron chi connectivity index (χ3n) is 2.06. The Morgan fingerprint density at radius 1 is 1.43 bits per heavy atom. The Morgan fingerprint density at radius 2 is 2.21 bits per heavy atom. The lowest BCUT2D eigenvalue weighted by Gasteiger charge is -1.99. The van der Waals surface area contributed by atoms with E-state index in [4.69, 9.17) is 0 Å². The average molecular weight is 189 g/mol. The minimum absolute atomic E-state index is 0.264. The quantitative estimate of drug-likeness (QED) is 0.692. The number of benzene rings is 1. The van der Waals surface area contributed by atoms with Gasteiger partial charge in [-0.2, -0.15) is 0 Å². The average Bonchev–Trinajstić information content (AvgIpc) is 2.17. The summed E-state index contributed by atoms with van der Waals surface area (Å²) in [6.07, 6.45) is 1.33. The molecule has 0 fully saturated rings. The van der Waals surface area contributed by atoms with E-state index in [1.807, 2.05) is 0 Å². The highest BCUT2D eigenvalue weighted by Gasteiger charge is 2.04. The SMILES string of the molecule is Cc1cc2nc[nH]c(=O)c2cc1N=O. The molecule has 0 aliphatic carbocycles. The third kappa shape index (κ3) is 1.19. The van der Waals surface area contributed by atoms with E-state index >= 15 is 0 Å². The van der Waals surface area contributed by atoms with E-state index in [1.165, 1.54) is 12.4 Å². The number of nitrogens with one attached hydrogen (secondary N) is 1. The summed E-state index contributed by atoms with van der Waals surface area (Å²) in [5.41, 5.74) is 1.29. The zero-order valence-corrected chi connectivity index (χ0v) is 7.44. The van der Waals surface area contributed by atoms with Crippen molar-refractivity contribution in [3.05, 3.63) is 39.3 Å². The number of aromatic amines is 1. The van der Waals surface area contributed by atoms with Crippen LogP contribution in [-0.2, 0) is 0 Å². The highest BCUT2D eigenvalue weighted by molar-refractivity contribution is 5.82. The predicted molar refractivity (Wildman–Crippen MR) is 52.6 cm³/mol. The van der Waals surface area contributed by atoms with Crippen LogP contribution in [0.5, 0.6) is 0 Å². The van der Waals surface area contributed by atoms with Gasteiger partial charge < -0.3 is 4.98 Å². The Balaban J connectivity index is 2.94. The van der Waals surface area contributed by atoms with Gasteiger partial charge in [-0.3, -0.25) is 4.79 Å². The van der Waals surface area contributed by atoms with Crippen LogP contribution in [0.2, 0.25) is 0 Å². The minimum atomic E-state index is -0.264. The van der Waals surface area contributed by atoms with E-state index in [-0.39, 0.29) is 11.2 Å². The minimum Gasteiger partial charge on any atom is -0.313 e. The van der Waals surface area contributed by atoms with Crippen LogP contribution in [0.25, 0.3) is 10.9 Å². The molecule has 5 heteroatoms. The van der Waals surface area contributed by atoms with E-state index in [2.05, 4.69) is 15.1 Å². The van der Waals surface area contributed by atoms with Crippen molar-refractivity contribution >= 4 is 16.6 Å². The molecule has 0 spiro atoms. The van der Waals surface area contributed by atoms with Gasteiger partial charge >= 0.3 is 0 Å². The number of nitrogens with zero attached hydrogens (tertiary/aromatic N) is 2. The number of hydrogen-bond donors (Lipinski definition) is 1. The van der Waals surface area contributed by atoms with Gasteiger partial charge in [-0.25, -0.2) is 4.98 Å². The molecule has 0 unspecified atom stereocenters. The lowest BCUT2D eigenvalue weighted by atomic mass is 10.1. The van der Waals surface area contributed by atoms with Gasteiger partial charge in [0, 0.05) is 0 Å². The number of aryl methyl sites for hydroxylation is 1. The topological polar surface area (TPSA) is 75.2 Å². The van der Waals surface area contributed by atoms with E-state index < -0.39 is 0 Å². The van der Waals surface area contributed by atoms with Gasteiger partial charge in [0.2, 0.25) is 0 Å². The molecule has 1 N–H and O–H groups in total. The van der Waals surface area contributed by atoms with Crippen molar-refractivity contribution in [1.29, 1.82) is 0 Å². The molecular weight excluding hydrogens is 182 g/mol. The molecule has 1 aromatic heterocycles. The molecule has 1 heterocycles. The lowest BCUT2D eigenvalue weighted by Crippen LogP contribution is -2.05. The fourth-order valence-electron chi connectivity index (χ4n) is 1.31. The van der Waals surface area contributed by atoms with Gasteiger partial charge in [-0.15, -0.1) is 4.91 Å². The third-order valence-corrected chi connectivity index (χ3v) is 2.06. The lowest BCUT2D eigenvalue weighted by molar-refractivity contribution is 1.17. The Labute approximate surface area is 78.8 Å². The summed E-state index contributed by atoms with van der Waals surface area (Å²) >= 11 is 0. The molecule has 0 saturated carbocycles. The van der Waals surface area contributed by atoms with Crippen LogP contribution in [0.1, 0.15) is 5.56 Å². The molecule has 0 radical (unpaired) electrons. The van der Waals surface area contributed by atoms with Gasteiger partial charge in [0.1, 0.15) is 5.69 Å². The Bertz CT molecular complexity index is 559. The van der Waals surface area contributed by atoms with Crippen LogP contribution >= 0.6 is 0 Å². The van der Waals surface area contributed by atoms with Crippen LogP contribution < -0.4 is 5.56 Å². The Morgan fingerprint density at radius 3 is 2.93 bits per heavy atom. The first-order chi connectivity index (χ1) is 6.72. The van der Waals surface area contributed by atoms with Crippen LogP contribution in [0, 0.1) is 11.8 Å². The predicted octanol–water partition coefficient (Wildman–Crippen LogP) is 1.63. The summed E-state index contributed by atoms with van der Waals surface area (Å²) in [7, 11) is 0. The summed E-state index contributed by atoms with van der Waals surface area (Å²) in [4.78, 5) is 28.1. The second kappa shape index (κ2) is 3.02. The monoisotopic (exact) mass is 189 g/mol. The second-order valence-corrected chi connectivity index (χ2v) is 2.98. The molecular formula is C9H7N3O2. The molecule has 0 amide bonds. The van der Waals surface area contributed by atoms with Crippen molar-refractivity contribution in [2.45, 2.75) is 6.92 Å². The molecule has 0 saturated heterocycles. The van der Waals surface area contributed by atoms with Crippen molar-refractivity contribution < 1.29 is 0 Å². The first-order valence-corrected chi connectivity index (χ1v) is 4.04. The van der Waals surface area contributed by atoms with Crippen LogP contribution in [0.4, 0.5) is 5.69 Å². The highest BCUT2D eigenvalue weighted by Crippen LogP contribution is 2.21. The first kappa shape index (κ1) is 8.55. The van der Waals surface area contributed by atoms with E-state index in [9.17, 15) is 9.70 Å². The zero-order valence-electron chi connectivity index (χ0n) is 7.44. The molecule has 2 rings (SSSR count). The molecule has 1 aromatic carbocycles. The molecule has 0 atom stereocenters. The molecule has 14 heavy (non-hydrogen) atoms. The van der Waals surface area contributed by atoms with Gasteiger partial charge in [0.25, 0.3) is 5.56 Å². The van der Waals surface area contributed by atoms with Crippen molar-refractivity contribution in [3.63, 3.8) is 0 Å². The highest BCUT2D eigenvalue weighted by atomic mass is 16.3. The molecule has 70 valence electrons. The summed E-state index contributed by atoms with van der Waals surface area (Å²) in [5.74, 6) is 0. The summed E-state index contributed by atoms with van der Waals surface area (Å²) in [6, 6.07) is 3.12.